The van der Waals surface area contributed by atoms with Crippen LogP contribution in [0.2, 0.25) is 0 Å². The molecule has 1 saturated heterocycles. The molecule has 1 fully saturated rings. The minimum absolute atomic E-state index is 0.341. The molecule has 110 valence electrons. The van der Waals surface area contributed by atoms with Gasteiger partial charge in [-0.1, -0.05) is 0 Å². The fourth-order valence-electron chi connectivity index (χ4n) is 2.69. The molecule has 1 atom stereocenters. The minimum atomic E-state index is -1.30. The maximum atomic E-state index is 13.5. The van der Waals surface area contributed by atoms with E-state index in [9.17, 15) is 18.8 Å². The summed E-state index contributed by atoms with van der Waals surface area (Å²) in [6.07, 6.45) is 0.341. The largest absolute Gasteiger partial charge is 0.368 e. The number of thioether (sulfide) groups is 1. The van der Waals surface area contributed by atoms with Gasteiger partial charge < -0.3 is 11.1 Å². The second-order valence-corrected chi connectivity index (χ2v) is 6.07. The van der Waals surface area contributed by atoms with Gasteiger partial charge in [0.1, 0.15) is 17.9 Å². The third-order valence-electron chi connectivity index (χ3n) is 3.63. The van der Waals surface area contributed by atoms with Crippen LogP contribution in [0.25, 0.3) is 0 Å². The number of benzene rings is 1. The first kappa shape index (κ1) is 13.9. The lowest BCUT2D eigenvalue weighted by molar-refractivity contribution is -0.134. The summed E-state index contributed by atoms with van der Waals surface area (Å²) < 4.78 is 13.5. The van der Waals surface area contributed by atoms with Crippen molar-refractivity contribution in [3.63, 3.8) is 0 Å². The molecule has 3 N–H and O–H groups in total. The summed E-state index contributed by atoms with van der Waals surface area (Å²) in [7, 11) is 0. The normalized spacial score (nSPS) is 24.1. The lowest BCUT2D eigenvalue weighted by Crippen LogP contribution is -2.47. The number of halogens is 1. The molecule has 0 bridgehead atoms. The van der Waals surface area contributed by atoms with Gasteiger partial charge in [-0.15, -0.1) is 11.8 Å². The summed E-state index contributed by atoms with van der Waals surface area (Å²) in [5.41, 5.74) is 4.19. The molecule has 8 heteroatoms. The molecule has 2 heterocycles. The van der Waals surface area contributed by atoms with Crippen molar-refractivity contribution in [1.29, 1.82) is 0 Å². The molecule has 21 heavy (non-hydrogen) atoms. The average Bonchev–Trinajstić information content (AvgIpc) is 2.65. The van der Waals surface area contributed by atoms with Crippen LogP contribution >= 0.6 is 11.8 Å². The monoisotopic (exact) mass is 309 g/mol. The molecule has 1 aromatic carbocycles. The van der Waals surface area contributed by atoms with Gasteiger partial charge in [-0.25, -0.2) is 9.18 Å². The number of imide groups is 1. The average molecular weight is 309 g/mol. The Bertz CT molecular complexity index is 666. The molecule has 2 aliphatic rings. The van der Waals surface area contributed by atoms with E-state index in [4.69, 9.17) is 5.73 Å². The summed E-state index contributed by atoms with van der Waals surface area (Å²) in [6, 6.07) is 3.48. The smallest absolute Gasteiger partial charge is 0.325 e. The zero-order valence-corrected chi connectivity index (χ0v) is 11.7. The highest BCUT2D eigenvalue weighted by atomic mass is 32.2. The van der Waals surface area contributed by atoms with Crippen molar-refractivity contribution < 1.29 is 18.8 Å². The van der Waals surface area contributed by atoms with Crippen molar-refractivity contribution in [2.75, 3.05) is 12.3 Å². The molecule has 0 aromatic heterocycles. The number of amides is 4. The Hall–Kier alpha value is -2.09. The molecule has 2 aliphatic heterocycles. The van der Waals surface area contributed by atoms with Gasteiger partial charge in [-0.3, -0.25) is 14.5 Å². The quantitative estimate of drug-likeness (QED) is 0.781. The highest BCUT2D eigenvalue weighted by Crippen LogP contribution is 2.43. The SMILES string of the molecule is NC(=O)CN1C(=O)N[C@@]2(CCSc3ccc(F)cc32)C1=O. The molecule has 6 nitrogen and oxygen atoms in total. The number of rotatable bonds is 2. The van der Waals surface area contributed by atoms with Crippen LogP contribution in [-0.2, 0) is 15.1 Å². The Kier molecular flexibility index (Phi) is 3.12. The molecule has 0 unspecified atom stereocenters. The van der Waals surface area contributed by atoms with Gasteiger partial charge in [0.05, 0.1) is 0 Å². The Morgan fingerprint density at radius 2 is 2.24 bits per heavy atom. The van der Waals surface area contributed by atoms with E-state index in [0.717, 1.165) is 9.80 Å². The topological polar surface area (TPSA) is 92.5 Å². The molecule has 3 rings (SSSR count). The van der Waals surface area contributed by atoms with E-state index in [-0.39, 0.29) is 0 Å². The number of fused-ring (bicyclic) bond motifs is 2. The van der Waals surface area contributed by atoms with Crippen LogP contribution in [0.15, 0.2) is 23.1 Å². The zero-order valence-electron chi connectivity index (χ0n) is 10.9. The molecule has 0 saturated carbocycles. The van der Waals surface area contributed by atoms with Gasteiger partial charge in [-0.2, -0.15) is 0 Å². The van der Waals surface area contributed by atoms with Crippen molar-refractivity contribution in [2.45, 2.75) is 16.9 Å². The van der Waals surface area contributed by atoms with Crippen LogP contribution in [0.5, 0.6) is 0 Å². The second-order valence-electron chi connectivity index (χ2n) is 4.93. The third-order valence-corrected chi connectivity index (χ3v) is 4.70. The van der Waals surface area contributed by atoms with Crippen molar-refractivity contribution in [3.8, 4) is 0 Å². The summed E-state index contributed by atoms with van der Waals surface area (Å²) in [5, 5.41) is 2.61. The fourth-order valence-corrected chi connectivity index (χ4v) is 3.87. The van der Waals surface area contributed by atoms with Crippen molar-refractivity contribution in [3.05, 3.63) is 29.6 Å². The Balaban J connectivity index is 2.08. The van der Waals surface area contributed by atoms with Crippen molar-refractivity contribution in [2.24, 2.45) is 5.73 Å². The van der Waals surface area contributed by atoms with E-state index in [1.54, 1.807) is 6.07 Å². The van der Waals surface area contributed by atoms with Crippen LogP contribution in [-0.4, -0.2) is 35.0 Å². The molecular formula is C13H12FN3O3S. The predicted molar refractivity (Wildman–Crippen MR) is 72.9 cm³/mol. The van der Waals surface area contributed by atoms with Crippen LogP contribution < -0.4 is 11.1 Å². The van der Waals surface area contributed by atoms with Crippen LogP contribution in [0.3, 0.4) is 0 Å². The van der Waals surface area contributed by atoms with Crippen LogP contribution in [0, 0.1) is 5.82 Å². The Morgan fingerprint density at radius 3 is 2.95 bits per heavy atom. The molecule has 0 aliphatic carbocycles. The number of carbonyl (C=O) groups is 3. The van der Waals surface area contributed by atoms with E-state index in [1.807, 2.05) is 0 Å². The van der Waals surface area contributed by atoms with Crippen molar-refractivity contribution >= 4 is 29.6 Å². The Labute approximate surface area is 123 Å². The maximum absolute atomic E-state index is 13.5. The van der Waals surface area contributed by atoms with E-state index >= 15 is 0 Å². The summed E-state index contributed by atoms with van der Waals surface area (Å²) in [6.45, 7) is -0.482. The van der Waals surface area contributed by atoms with Gasteiger partial charge >= 0.3 is 6.03 Å². The minimum Gasteiger partial charge on any atom is -0.368 e. The number of hydrogen-bond acceptors (Lipinski definition) is 4. The van der Waals surface area contributed by atoms with Crippen LogP contribution in [0.1, 0.15) is 12.0 Å². The maximum Gasteiger partial charge on any atom is 0.325 e. The van der Waals surface area contributed by atoms with E-state index < -0.39 is 35.7 Å². The first-order valence-electron chi connectivity index (χ1n) is 6.29. The van der Waals surface area contributed by atoms with E-state index in [1.165, 1.54) is 23.9 Å². The highest BCUT2D eigenvalue weighted by Gasteiger charge is 2.54. The lowest BCUT2D eigenvalue weighted by atomic mass is 9.86. The van der Waals surface area contributed by atoms with E-state index in [0.29, 0.717) is 17.7 Å². The molecular weight excluding hydrogens is 297 g/mol. The lowest BCUT2D eigenvalue weighted by Gasteiger charge is -2.32. The summed E-state index contributed by atoms with van der Waals surface area (Å²) >= 11 is 1.50. The zero-order chi connectivity index (χ0) is 15.2. The number of nitrogens with one attached hydrogen (secondary N) is 1. The number of carbonyl (C=O) groups excluding carboxylic acids is 3. The fraction of sp³-hybridized carbons (Fsp3) is 0.308. The number of nitrogens with two attached hydrogens (primary N) is 1. The number of primary amides is 1. The third kappa shape index (κ3) is 2.06. The highest BCUT2D eigenvalue weighted by molar-refractivity contribution is 7.99. The van der Waals surface area contributed by atoms with Gasteiger partial charge in [0.2, 0.25) is 5.91 Å². The van der Waals surface area contributed by atoms with Gasteiger partial charge in [0.25, 0.3) is 5.91 Å². The molecule has 1 spiro atoms. The first-order chi connectivity index (χ1) is 9.94. The second kappa shape index (κ2) is 4.73. The number of hydrogen-bond donors (Lipinski definition) is 2. The van der Waals surface area contributed by atoms with Crippen molar-refractivity contribution in [1.82, 2.24) is 10.2 Å². The summed E-state index contributed by atoms with van der Waals surface area (Å²) in [5.74, 6) is -1.21. The van der Waals surface area contributed by atoms with Gasteiger partial charge in [0, 0.05) is 16.2 Å². The van der Waals surface area contributed by atoms with Gasteiger partial charge in [-0.05, 0) is 24.6 Å². The number of nitrogens with zero attached hydrogens (tertiary/aromatic N) is 1. The van der Waals surface area contributed by atoms with E-state index in [2.05, 4.69) is 5.32 Å². The molecule has 1 aromatic rings. The van der Waals surface area contributed by atoms with Gasteiger partial charge in [0.15, 0.2) is 0 Å². The summed E-state index contributed by atoms with van der Waals surface area (Å²) in [4.78, 5) is 37.1. The Morgan fingerprint density at radius 1 is 1.48 bits per heavy atom. The molecule has 4 amide bonds. The number of urea groups is 1. The standard InChI is InChI=1S/C13H12FN3O3S/c14-7-1-2-9-8(5-7)13(3-4-21-9)11(19)17(6-10(15)18)12(20)16-13/h1-2,5H,3-4,6H2,(H2,15,18)(H,16,20)/t13-/m1/s1. The molecule has 0 radical (unpaired) electrons. The van der Waals surface area contributed by atoms with Crippen LogP contribution in [0.4, 0.5) is 9.18 Å². The first-order valence-corrected chi connectivity index (χ1v) is 7.28. The predicted octanol–water partition coefficient (Wildman–Crippen LogP) is 0.554.